The van der Waals surface area contributed by atoms with Gasteiger partial charge >= 0.3 is 0 Å². The van der Waals surface area contributed by atoms with Gasteiger partial charge in [0.25, 0.3) is 5.56 Å². The van der Waals surface area contributed by atoms with E-state index in [9.17, 15) is 4.79 Å². The minimum Gasteiger partial charge on any atom is -0.382 e. The number of unbranched alkanes of at least 4 members (excludes halogenated alkanes) is 1. The third kappa shape index (κ3) is 5.52. The highest BCUT2D eigenvalue weighted by atomic mass is 16.1. The van der Waals surface area contributed by atoms with Crippen molar-refractivity contribution in [2.24, 2.45) is 22.6 Å². The Morgan fingerprint density at radius 3 is 2.82 bits per heavy atom. The molecule has 1 unspecified atom stereocenters. The second-order valence-corrected chi connectivity index (χ2v) is 5.61. The van der Waals surface area contributed by atoms with Crippen molar-refractivity contribution in [1.29, 1.82) is 0 Å². The summed E-state index contributed by atoms with van der Waals surface area (Å²) in [7, 11) is 0. The van der Waals surface area contributed by atoms with Crippen LogP contribution in [0, 0.1) is 5.92 Å². The second kappa shape index (κ2) is 10.00. The van der Waals surface area contributed by atoms with Crippen LogP contribution in [0.15, 0.2) is 28.2 Å². The first-order chi connectivity index (χ1) is 10.6. The van der Waals surface area contributed by atoms with Gasteiger partial charge in [0, 0.05) is 12.7 Å². The van der Waals surface area contributed by atoms with Crippen LogP contribution in [0.25, 0.3) is 0 Å². The Morgan fingerprint density at radius 2 is 2.18 bits per heavy atom. The summed E-state index contributed by atoms with van der Waals surface area (Å²) in [5.41, 5.74) is 5.90. The van der Waals surface area contributed by atoms with E-state index in [2.05, 4.69) is 24.3 Å². The lowest BCUT2D eigenvalue weighted by Gasteiger charge is -2.19. The van der Waals surface area contributed by atoms with E-state index in [0.717, 1.165) is 32.4 Å². The van der Waals surface area contributed by atoms with Gasteiger partial charge in [0.2, 0.25) is 0 Å². The van der Waals surface area contributed by atoms with E-state index in [1.165, 1.54) is 6.42 Å². The number of amidine groups is 1. The number of aromatic nitrogens is 1. The van der Waals surface area contributed by atoms with Crippen LogP contribution < -0.4 is 22.5 Å². The van der Waals surface area contributed by atoms with Gasteiger partial charge in [-0.1, -0.05) is 26.7 Å². The molecule has 0 saturated carbocycles. The van der Waals surface area contributed by atoms with Crippen LogP contribution in [-0.2, 0) is 6.54 Å². The van der Waals surface area contributed by atoms with Crippen LogP contribution in [0.3, 0.4) is 0 Å². The van der Waals surface area contributed by atoms with Crippen LogP contribution in [-0.4, -0.2) is 23.5 Å². The number of nitrogens with one attached hydrogen (secondary N) is 1. The van der Waals surface area contributed by atoms with Crippen molar-refractivity contribution in [3.8, 4) is 0 Å². The van der Waals surface area contributed by atoms with E-state index >= 15 is 0 Å². The highest BCUT2D eigenvalue weighted by Crippen LogP contribution is 2.10. The Balaban J connectivity index is 2.85. The number of rotatable bonds is 10. The molecule has 1 rings (SSSR count). The highest BCUT2D eigenvalue weighted by molar-refractivity contribution is 5.96. The summed E-state index contributed by atoms with van der Waals surface area (Å²) in [6.45, 7) is 6.94. The average molecular weight is 307 g/mol. The van der Waals surface area contributed by atoms with Gasteiger partial charge in [-0.15, -0.1) is 0 Å². The maximum absolute atomic E-state index is 12.4. The number of hydrazone groups is 1. The van der Waals surface area contributed by atoms with Crippen LogP contribution in [0.4, 0.5) is 0 Å². The lowest BCUT2D eigenvalue weighted by atomic mass is 10.0. The molecule has 0 fully saturated rings. The second-order valence-electron chi connectivity index (χ2n) is 5.61. The molecule has 1 aromatic heterocycles. The molecule has 6 heteroatoms. The van der Waals surface area contributed by atoms with Crippen LogP contribution >= 0.6 is 0 Å². The van der Waals surface area contributed by atoms with E-state index in [0.29, 0.717) is 18.0 Å². The topological polar surface area (TPSA) is 98.4 Å². The zero-order valence-electron chi connectivity index (χ0n) is 13.7. The first-order valence-electron chi connectivity index (χ1n) is 8.07. The first kappa shape index (κ1) is 18.2. The molecule has 6 nitrogen and oxygen atoms in total. The van der Waals surface area contributed by atoms with Crippen molar-refractivity contribution in [3.63, 3.8) is 0 Å². The van der Waals surface area contributed by atoms with Crippen molar-refractivity contribution in [3.05, 3.63) is 34.2 Å². The highest BCUT2D eigenvalue weighted by Gasteiger charge is 2.12. The van der Waals surface area contributed by atoms with E-state index in [1.54, 1.807) is 16.8 Å². The minimum absolute atomic E-state index is 0.0774. The Bertz CT molecular complexity index is 524. The fraction of sp³-hybridized carbons (Fsp3) is 0.625. The molecule has 1 heterocycles. The third-order valence-corrected chi connectivity index (χ3v) is 3.72. The van der Waals surface area contributed by atoms with Crippen molar-refractivity contribution >= 4 is 5.84 Å². The van der Waals surface area contributed by atoms with E-state index in [1.807, 2.05) is 6.07 Å². The maximum atomic E-state index is 12.4. The van der Waals surface area contributed by atoms with Gasteiger partial charge in [0.05, 0.1) is 5.56 Å². The number of nitrogens with zero attached hydrogens (tertiary/aromatic N) is 2. The summed E-state index contributed by atoms with van der Waals surface area (Å²) in [6, 6.07) is 3.46. The molecular weight excluding hydrogens is 278 g/mol. The van der Waals surface area contributed by atoms with Gasteiger partial charge in [-0.3, -0.25) is 4.79 Å². The predicted molar refractivity (Wildman–Crippen MR) is 91.8 cm³/mol. The molecule has 0 spiro atoms. The Kier molecular flexibility index (Phi) is 8.28. The average Bonchev–Trinajstić information content (AvgIpc) is 2.53. The zero-order chi connectivity index (χ0) is 16.4. The zero-order valence-corrected chi connectivity index (χ0v) is 13.7. The normalized spacial score (nSPS) is 13.3. The molecule has 5 N–H and O–H groups in total. The molecule has 22 heavy (non-hydrogen) atoms. The van der Waals surface area contributed by atoms with Crippen LogP contribution in [0.1, 0.15) is 45.1 Å². The van der Waals surface area contributed by atoms with Gasteiger partial charge < -0.3 is 21.5 Å². The molecular formula is C16H29N5O. The molecule has 0 aromatic carbocycles. The van der Waals surface area contributed by atoms with Gasteiger partial charge in [-0.25, -0.2) is 0 Å². The van der Waals surface area contributed by atoms with Crippen LogP contribution in [0.5, 0.6) is 0 Å². The van der Waals surface area contributed by atoms with Gasteiger partial charge in [0.1, 0.15) is 0 Å². The van der Waals surface area contributed by atoms with Crippen molar-refractivity contribution < 1.29 is 0 Å². The summed E-state index contributed by atoms with van der Waals surface area (Å²) in [5.74, 6) is 5.68. The monoisotopic (exact) mass is 307 g/mol. The standard InChI is InChI=1S/C16H29N5O/c1-3-5-7-13(11-19-9-4-2)12-21-10-6-8-14(16(21)22)15(17)20-18/h6,8,10,13,19H,3-5,7,9,11-12,18H2,1-2H3,(H2,17,20). The summed E-state index contributed by atoms with van der Waals surface area (Å²) in [6.07, 6.45) is 6.34. The largest absolute Gasteiger partial charge is 0.382 e. The molecule has 0 bridgehead atoms. The van der Waals surface area contributed by atoms with Crippen molar-refractivity contribution in [1.82, 2.24) is 9.88 Å². The number of nitrogens with two attached hydrogens (primary N) is 2. The van der Waals surface area contributed by atoms with Gasteiger partial charge in [0.15, 0.2) is 5.84 Å². The quantitative estimate of drug-likeness (QED) is 0.199. The predicted octanol–water partition coefficient (Wildman–Crippen LogP) is 1.23. The first-order valence-corrected chi connectivity index (χ1v) is 8.07. The minimum atomic E-state index is -0.133. The number of hydrogen-bond acceptors (Lipinski definition) is 4. The SMILES string of the molecule is CCCCC(CNCCC)Cn1cccc(/C(N)=N/N)c1=O. The summed E-state index contributed by atoms with van der Waals surface area (Å²) in [4.78, 5) is 12.4. The molecule has 1 atom stereocenters. The summed E-state index contributed by atoms with van der Waals surface area (Å²) in [5, 5.41) is 6.87. The van der Waals surface area contributed by atoms with E-state index < -0.39 is 0 Å². The maximum Gasteiger partial charge on any atom is 0.261 e. The van der Waals surface area contributed by atoms with Crippen LogP contribution in [0.2, 0.25) is 0 Å². The lowest BCUT2D eigenvalue weighted by Crippen LogP contribution is -2.34. The smallest absolute Gasteiger partial charge is 0.261 e. The molecule has 0 aliphatic heterocycles. The third-order valence-electron chi connectivity index (χ3n) is 3.72. The van der Waals surface area contributed by atoms with Gasteiger partial charge in [-0.2, -0.15) is 5.10 Å². The molecule has 0 aliphatic rings. The summed E-state index contributed by atoms with van der Waals surface area (Å²) >= 11 is 0. The Morgan fingerprint density at radius 1 is 1.41 bits per heavy atom. The Labute approximate surface area is 132 Å². The molecule has 0 aliphatic carbocycles. The van der Waals surface area contributed by atoms with E-state index in [4.69, 9.17) is 11.6 Å². The van der Waals surface area contributed by atoms with Crippen molar-refractivity contribution in [2.75, 3.05) is 13.1 Å². The molecule has 1 aromatic rings. The molecule has 0 saturated heterocycles. The van der Waals surface area contributed by atoms with E-state index in [-0.39, 0.29) is 11.4 Å². The van der Waals surface area contributed by atoms with Gasteiger partial charge in [-0.05, 0) is 44.0 Å². The summed E-state index contributed by atoms with van der Waals surface area (Å²) < 4.78 is 1.71. The molecule has 0 amide bonds. The molecule has 124 valence electrons. The Hall–Kier alpha value is -1.82. The fourth-order valence-corrected chi connectivity index (χ4v) is 2.46. The number of pyridine rings is 1. The lowest BCUT2D eigenvalue weighted by molar-refractivity contribution is 0.374. The number of hydrogen-bond donors (Lipinski definition) is 3. The van der Waals surface area contributed by atoms with Crippen molar-refractivity contribution in [2.45, 2.75) is 46.1 Å². The fourth-order valence-electron chi connectivity index (χ4n) is 2.46. The molecule has 0 radical (unpaired) electrons.